The van der Waals surface area contributed by atoms with Crippen molar-refractivity contribution in [3.63, 3.8) is 0 Å². The largest absolute Gasteiger partial charge is 0.332 e. The molecule has 1 N–H and O–H groups in total. The van der Waals surface area contributed by atoms with Gasteiger partial charge >= 0.3 is 0 Å². The molecule has 0 amide bonds. The van der Waals surface area contributed by atoms with Gasteiger partial charge in [-0.1, -0.05) is 6.07 Å². The summed E-state index contributed by atoms with van der Waals surface area (Å²) in [5, 5.41) is 0.636. The highest BCUT2D eigenvalue weighted by molar-refractivity contribution is 8.01. The standard InChI is InChI=1S/C13H7FN4S2/c14-7-2-1-3-8-11(7)18-12(16-8)20-13-17-9-6-15-5-4-10(9)19-13/h1-6H,(H,16,18). The normalized spacial score (nSPS) is 11.4. The van der Waals surface area contributed by atoms with Gasteiger partial charge in [-0.15, -0.1) is 11.3 Å². The summed E-state index contributed by atoms with van der Waals surface area (Å²) in [6.07, 6.45) is 3.47. The summed E-state index contributed by atoms with van der Waals surface area (Å²) in [4.78, 5) is 15.9. The van der Waals surface area contributed by atoms with Gasteiger partial charge in [-0.3, -0.25) is 4.98 Å². The average Bonchev–Trinajstić information content (AvgIpc) is 3.02. The first-order valence-electron chi connectivity index (χ1n) is 5.82. The molecule has 0 aliphatic rings. The van der Waals surface area contributed by atoms with Gasteiger partial charge in [0, 0.05) is 6.20 Å². The van der Waals surface area contributed by atoms with Crippen LogP contribution in [0, 0.1) is 5.82 Å². The number of pyridine rings is 1. The predicted molar refractivity (Wildman–Crippen MR) is 77.6 cm³/mol. The molecular formula is C13H7FN4S2. The van der Waals surface area contributed by atoms with Crippen molar-refractivity contribution in [2.45, 2.75) is 9.50 Å². The number of benzene rings is 1. The lowest BCUT2D eigenvalue weighted by atomic mass is 10.3. The smallest absolute Gasteiger partial charge is 0.173 e. The molecule has 4 aromatic rings. The molecule has 0 radical (unpaired) electrons. The first-order chi connectivity index (χ1) is 9.79. The summed E-state index contributed by atoms with van der Waals surface area (Å²) in [7, 11) is 0. The van der Waals surface area contributed by atoms with Crippen LogP contribution in [0.5, 0.6) is 0 Å². The summed E-state index contributed by atoms with van der Waals surface area (Å²) in [6.45, 7) is 0. The number of aromatic amines is 1. The zero-order valence-corrected chi connectivity index (χ0v) is 11.6. The number of para-hydroxylation sites is 1. The first kappa shape index (κ1) is 11.8. The zero-order valence-electron chi connectivity index (χ0n) is 10.0. The van der Waals surface area contributed by atoms with Gasteiger partial charge in [0.05, 0.1) is 16.4 Å². The maximum atomic E-state index is 13.6. The van der Waals surface area contributed by atoms with E-state index in [9.17, 15) is 4.39 Å². The Morgan fingerprint density at radius 1 is 1.20 bits per heavy atom. The van der Waals surface area contributed by atoms with E-state index < -0.39 is 0 Å². The van der Waals surface area contributed by atoms with Gasteiger partial charge in [-0.2, -0.15) is 0 Å². The van der Waals surface area contributed by atoms with Crippen LogP contribution in [0.4, 0.5) is 4.39 Å². The predicted octanol–water partition coefficient (Wildman–Crippen LogP) is 3.86. The number of nitrogens with one attached hydrogen (secondary N) is 1. The van der Waals surface area contributed by atoms with Crippen molar-refractivity contribution in [2.24, 2.45) is 0 Å². The topological polar surface area (TPSA) is 54.5 Å². The van der Waals surface area contributed by atoms with Crippen LogP contribution >= 0.6 is 23.1 Å². The molecule has 1 aromatic carbocycles. The van der Waals surface area contributed by atoms with E-state index in [0.717, 1.165) is 14.6 Å². The molecule has 0 bridgehead atoms. The van der Waals surface area contributed by atoms with E-state index >= 15 is 0 Å². The Labute approximate surface area is 121 Å². The Morgan fingerprint density at radius 2 is 2.15 bits per heavy atom. The van der Waals surface area contributed by atoms with Crippen molar-refractivity contribution < 1.29 is 4.39 Å². The molecule has 3 heterocycles. The minimum atomic E-state index is -0.320. The first-order valence-corrected chi connectivity index (χ1v) is 7.45. The van der Waals surface area contributed by atoms with E-state index in [1.165, 1.54) is 17.8 Å². The minimum Gasteiger partial charge on any atom is -0.332 e. The molecule has 0 saturated heterocycles. The van der Waals surface area contributed by atoms with Crippen LogP contribution in [0.25, 0.3) is 21.3 Å². The Hall–Kier alpha value is -1.99. The number of rotatable bonds is 2. The highest BCUT2D eigenvalue weighted by atomic mass is 32.2. The fraction of sp³-hybridized carbons (Fsp3) is 0. The summed E-state index contributed by atoms with van der Waals surface area (Å²) in [5.74, 6) is -0.320. The Morgan fingerprint density at radius 3 is 3.00 bits per heavy atom. The minimum absolute atomic E-state index is 0.320. The zero-order chi connectivity index (χ0) is 13.5. The fourth-order valence-electron chi connectivity index (χ4n) is 1.91. The molecule has 0 saturated carbocycles. The lowest BCUT2D eigenvalue weighted by Crippen LogP contribution is -1.76. The van der Waals surface area contributed by atoms with Gasteiger partial charge in [0.25, 0.3) is 0 Å². The van der Waals surface area contributed by atoms with Crippen LogP contribution in [0.3, 0.4) is 0 Å². The SMILES string of the molecule is Fc1cccc2[nH]c(Sc3nc4cnccc4s3)nc12. The lowest BCUT2D eigenvalue weighted by Gasteiger charge is -1.88. The monoisotopic (exact) mass is 302 g/mol. The molecule has 0 atom stereocenters. The van der Waals surface area contributed by atoms with Gasteiger partial charge in [-0.25, -0.2) is 14.4 Å². The quantitative estimate of drug-likeness (QED) is 0.611. The van der Waals surface area contributed by atoms with Crippen molar-refractivity contribution in [1.29, 1.82) is 0 Å². The number of aromatic nitrogens is 4. The van der Waals surface area contributed by atoms with Gasteiger partial charge in [0.15, 0.2) is 15.3 Å². The molecule has 4 rings (SSSR count). The number of imidazole rings is 1. The van der Waals surface area contributed by atoms with Gasteiger partial charge in [-0.05, 0) is 30.0 Å². The van der Waals surface area contributed by atoms with Crippen molar-refractivity contribution in [2.75, 3.05) is 0 Å². The van der Waals surface area contributed by atoms with Crippen LogP contribution in [0.1, 0.15) is 0 Å². The van der Waals surface area contributed by atoms with Crippen LogP contribution in [0.15, 0.2) is 46.2 Å². The molecule has 7 heteroatoms. The van der Waals surface area contributed by atoms with E-state index in [0.29, 0.717) is 16.2 Å². The molecule has 0 spiro atoms. The van der Waals surface area contributed by atoms with E-state index in [2.05, 4.69) is 19.9 Å². The van der Waals surface area contributed by atoms with E-state index in [4.69, 9.17) is 0 Å². The van der Waals surface area contributed by atoms with Crippen LogP contribution in [-0.4, -0.2) is 19.9 Å². The second-order valence-corrected chi connectivity index (χ2v) is 6.37. The highest BCUT2D eigenvalue weighted by Gasteiger charge is 2.11. The number of fused-ring (bicyclic) bond motifs is 2. The molecule has 4 nitrogen and oxygen atoms in total. The number of halogens is 1. The Balaban J connectivity index is 1.74. The second-order valence-electron chi connectivity index (χ2n) is 4.10. The Bertz CT molecular complexity index is 882. The molecular weight excluding hydrogens is 295 g/mol. The van der Waals surface area contributed by atoms with Gasteiger partial charge < -0.3 is 4.98 Å². The molecule has 3 aromatic heterocycles. The summed E-state index contributed by atoms with van der Waals surface area (Å²) < 4.78 is 15.5. The number of nitrogens with zero attached hydrogens (tertiary/aromatic N) is 3. The van der Waals surface area contributed by atoms with E-state index in [1.54, 1.807) is 35.9 Å². The molecule has 0 unspecified atom stereocenters. The van der Waals surface area contributed by atoms with Crippen molar-refractivity contribution in [1.82, 2.24) is 19.9 Å². The van der Waals surface area contributed by atoms with Crippen molar-refractivity contribution in [3.8, 4) is 0 Å². The van der Waals surface area contributed by atoms with Crippen molar-refractivity contribution in [3.05, 3.63) is 42.5 Å². The number of hydrogen-bond acceptors (Lipinski definition) is 5. The summed E-state index contributed by atoms with van der Waals surface area (Å²) in [6, 6.07) is 6.79. The third-order valence-corrected chi connectivity index (χ3v) is 4.78. The third-order valence-electron chi connectivity index (χ3n) is 2.80. The number of H-pyrrole nitrogens is 1. The average molecular weight is 302 g/mol. The van der Waals surface area contributed by atoms with E-state index in [-0.39, 0.29) is 5.82 Å². The molecule has 98 valence electrons. The summed E-state index contributed by atoms with van der Waals surface area (Å²) >= 11 is 2.96. The highest BCUT2D eigenvalue weighted by Crippen LogP contribution is 2.33. The molecule has 20 heavy (non-hydrogen) atoms. The van der Waals surface area contributed by atoms with Gasteiger partial charge in [0.1, 0.15) is 11.0 Å². The molecule has 0 aliphatic heterocycles. The third kappa shape index (κ3) is 1.95. The second kappa shape index (κ2) is 4.53. The number of thiazole rings is 1. The maximum absolute atomic E-state index is 13.6. The van der Waals surface area contributed by atoms with Crippen LogP contribution in [0.2, 0.25) is 0 Å². The van der Waals surface area contributed by atoms with Gasteiger partial charge in [0.2, 0.25) is 0 Å². The summed E-state index contributed by atoms with van der Waals surface area (Å²) in [5.41, 5.74) is 1.91. The lowest BCUT2D eigenvalue weighted by molar-refractivity contribution is 0.637. The van der Waals surface area contributed by atoms with Crippen molar-refractivity contribution >= 4 is 44.3 Å². The number of hydrogen-bond donors (Lipinski definition) is 1. The maximum Gasteiger partial charge on any atom is 0.173 e. The fourth-order valence-corrected chi connectivity index (χ4v) is 3.85. The molecule has 0 aliphatic carbocycles. The van der Waals surface area contributed by atoms with Crippen LogP contribution < -0.4 is 0 Å². The molecule has 0 fully saturated rings. The van der Waals surface area contributed by atoms with E-state index in [1.807, 2.05) is 6.07 Å². The van der Waals surface area contributed by atoms with Crippen LogP contribution in [-0.2, 0) is 0 Å². The Kier molecular flexibility index (Phi) is 2.68.